The van der Waals surface area contributed by atoms with E-state index in [0.29, 0.717) is 24.3 Å². The van der Waals surface area contributed by atoms with Crippen LogP contribution in [0, 0.1) is 34.1 Å². The first-order chi connectivity index (χ1) is 20.2. The molecule has 0 aliphatic heterocycles. The van der Waals surface area contributed by atoms with E-state index in [-0.39, 0.29) is 23.3 Å². The normalized spacial score (nSPS) is 16.3. The lowest BCUT2D eigenvalue weighted by molar-refractivity contribution is -0.144. The zero-order chi connectivity index (χ0) is 33.0. The molecule has 2 aliphatic carbocycles. The summed E-state index contributed by atoms with van der Waals surface area (Å²) < 4.78 is 162. The SMILES string of the molecule is N#CN=C1C(c2cc(C(F)(F)F)cc(C(F)(F)F)c2)=CC2=C1C=C(c1cc(C(F)(F)F)cc(C(F)(F)F)c1)C2=C(C#N)C#N. The molecule has 0 N–H and O–H groups in total. The lowest BCUT2D eigenvalue weighted by Gasteiger charge is -2.17. The third-order valence-electron chi connectivity index (χ3n) is 6.35. The van der Waals surface area contributed by atoms with E-state index in [1.807, 2.05) is 0 Å². The van der Waals surface area contributed by atoms with Crippen molar-refractivity contribution in [1.82, 2.24) is 0 Å². The molecule has 0 unspecified atom stereocenters. The van der Waals surface area contributed by atoms with Gasteiger partial charge >= 0.3 is 24.7 Å². The Balaban J connectivity index is 2.02. The van der Waals surface area contributed by atoms with E-state index < -0.39 is 86.1 Å². The Morgan fingerprint density at radius 2 is 0.886 bits per heavy atom. The number of allylic oxidation sites excluding steroid dienone is 8. The summed E-state index contributed by atoms with van der Waals surface area (Å²) in [6, 6.07) is 3.71. The van der Waals surface area contributed by atoms with Crippen LogP contribution >= 0.6 is 0 Å². The van der Waals surface area contributed by atoms with Crippen molar-refractivity contribution in [1.29, 1.82) is 15.8 Å². The maximum Gasteiger partial charge on any atom is 0.416 e. The second-order valence-corrected chi connectivity index (χ2v) is 9.07. The monoisotopic (exact) mass is 628 g/mol. The maximum atomic E-state index is 13.5. The van der Waals surface area contributed by atoms with Crippen LogP contribution < -0.4 is 0 Å². The number of alkyl halides is 12. The molecule has 0 atom stereocenters. The fourth-order valence-corrected chi connectivity index (χ4v) is 4.52. The number of benzene rings is 2. The van der Waals surface area contributed by atoms with Crippen LogP contribution in [-0.4, -0.2) is 5.71 Å². The average Bonchev–Trinajstić information content (AvgIpc) is 3.44. The first-order valence-electron chi connectivity index (χ1n) is 11.5. The van der Waals surface area contributed by atoms with Gasteiger partial charge in [0.25, 0.3) is 0 Å². The third kappa shape index (κ3) is 5.81. The lowest BCUT2D eigenvalue weighted by atomic mass is 9.89. The van der Waals surface area contributed by atoms with Crippen LogP contribution in [0.25, 0.3) is 11.1 Å². The van der Waals surface area contributed by atoms with Gasteiger partial charge in [-0.15, -0.1) is 0 Å². The summed E-state index contributed by atoms with van der Waals surface area (Å²) in [5, 5.41) is 28.3. The Kier molecular flexibility index (Phi) is 7.51. The van der Waals surface area contributed by atoms with Gasteiger partial charge in [-0.25, -0.2) is 0 Å². The van der Waals surface area contributed by atoms with Crippen molar-refractivity contribution < 1.29 is 52.7 Å². The molecule has 16 heteroatoms. The van der Waals surface area contributed by atoms with Crippen molar-refractivity contribution in [2.24, 2.45) is 4.99 Å². The molecule has 2 aromatic carbocycles. The van der Waals surface area contributed by atoms with Crippen LogP contribution in [0.4, 0.5) is 52.7 Å². The summed E-state index contributed by atoms with van der Waals surface area (Å²) >= 11 is 0. The van der Waals surface area contributed by atoms with E-state index in [9.17, 15) is 68.5 Å². The topological polar surface area (TPSA) is 83.7 Å². The molecule has 0 fully saturated rings. The van der Waals surface area contributed by atoms with Crippen LogP contribution in [0.1, 0.15) is 33.4 Å². The van der Waals surface area contributed by atoms with Gasteiger partial charge in [-0.1, -0.05) is 0 Å². The fourth-order valence-electron chi connectivity index (χ4n) is 4.52. The van der Waals surface area contributed by atoms with Gasteiger partial charge in [-0.05, 0) is 70.8 Å². The molecule has 0 heterocycles. The fraction of sp³-hybridized carbons (Fsp3) is 0.143. The lowest BCUT2D eigenvalue weighted by Crippen LogP contribution is -2.13. The van der Waals surface area contributed by atoms with E-state index in [1.54, 1.807) is 0 Å². The summed E-state index contributed by atoms with van der Waals surface area (Å²) in [6.45, 7) is 0. The Hall–Kier alpha value is -5.30. The molecule has 224 valence electrons. The summed E-state index contributed by atoms with van der Waals surface area (Å²) in [5.74, 6) is 0. The van der Waals surface area contributed by atoms with Crippen molar-refractivity contribution in [2.75, 3.05) is 0 Å². The highest BCUT2D eigenvalue weighted by molar-refractivity contribution is 6.38. The molecule has 44 heavy (non-hydrogen) atoms. The Morgan fingerprint density at radius 1 is 0.523 bits per heavy atom. The van der Waals surface area contributed by atoms with Gasteiger partial charge in [0.15, 0.2) is 0 Å². The van der Waals surface area contributed by atoms with Crippen molar-refractivity contribution in [3.8, 4) is 18.3 Å². The smallest absolute Gasteiger partial charge is 0.192 e. The number of aliphatic imine (C=N–C) groups is 1. The number of halogens is 12. The summed E-state index contributed by atoms with van der Waals surface area (Å²) in [7, 11) is 0. The molecule has 0 radical (unpaired) electrons. The quantitative estimate of drug-likeness (QED) is 0.189. The van der Waals surface area contributed by atoms with Gasteiger partial charge in [-0.3, -0.25) is 0 Å². The van der Waals surface area contributed by atoms with Gasteiger partial charge in [-0.2, -0.15) is 73.5 Å². The molecule has 4 rings (SSSR count). The summed E-state index contributed by atoms with van der Waals surface area (Å²) in [6.07, 6.45) is -18.2. The predicted octanol–water partition coefficient (Wildman–Crippen LogP) is 8.82. The minimum absolute atomic E-state index is 0.167. The van der Waals surface area contributed by atoms with Crippen LogP contribution in [0.15, 0.2) is 75.8 Å². The van der Waals surface area contributed by atoms with Crippen LogP contribution in [-0.2, 0) is 24.7 Å². The molecule has 0 spiro atoms. The van der Waals surface area contributed by atoms with Gasteiger partial charge in [0.1, 0.15) is 17.7 Å². The van der Waals surface area contributed by atoms with Crippen molar-refractivity contribution >= 4 is 16.9 Å². The summed E-state index contributed by atoms with van der Waals surface area (Å²) in [5.41, 5.74) is -12.4. The van der Waals surface area contributed by atoms with Crippen molar-refractivity contribution in [3.63, 3.8) is 0 Å². The predicted molar refractivity (Wildman–Crippen MR) is 127 cm³/mol. The highest BCUT2D eigenvalue weighted by atomic mass is 19.4. The minimum Gasteiger partial charge on any atom is -0.192 e. The zero-order valence-electron chi connectivity index (χ0n) is 20.9. The Bertz CT molecular complexity index is 1790. The van der Waals surface area contributed by atoms with E-state index in [2.05, 4.69) is 4.99 Å². The summed E-state index contributed by atoms with van der Waals surface area (Å²) in [4.78, 5) is 3.44. The number of nitrogens with zero attached hydrogens (tertiary/aromatic N) is 4. The molecule has 0 saturated heterocycles. The number of hydrogen-bond donors (Lipinski definition) is 0. The van der Waals surface area contributed by atoms with E-state index >= 15 is 0 Å². The molecule has 4 nitrogen and oxygen atoms in total. The molecule has 0 aromatic heterocycles. The Morgan fingerprint density at radius 3 is 1.23 bits per heavy atom. The van der Waals surface area contributed by atoms with Crippen LogP contribution in [0.5, 0.6) is 0 Å². The van der Waals surface area contributed by atoms with Gasteiger partial charge in [0.2, 0.25) is 6.19 Å². The molecular formula is C28H8F12N4. The average molecular weight is 628 g/mol. The molecule has 0 saturated carbocycles. The van der Waals surface area contributed by atoms with E-state index in [0.717, 1.165) is 12.2 Å². The third-order valence-corrected chi connectivity index (χ3v) is 6.35. The zero-order valence-corrected chi connectivity index (χ0v) is 20.9. The van der Waals surface area contributed by atoms with Crippen molar-refractivity contribution in [2.45, 2.75) is 24.7 Å². The second-order valence-electron chi connectivity index (χ2n) is 9.07. The van der Waals surface area contributed by atoms with Crippen LogP contribution in [0.2, 0.25) is 0 Å². The van der Waals surface area contributed by atoms with Gasteiger partial charge in [0, 0.05) is 16.7 Å². The van der Waals surface area contributed by atoms with Crippen LogP contribution in [0.3, 0.4) is 0 Å². The molecule has 2 aliphatic rings. The van der Waals surface area contributed by atoms with E-state index in [4.69, 9.17) is 0 Å². The maximum absolute atomic E-state index is 13.5. The highest BCUT2D eigenvalue weighted by Crippen LogP contribution is 2.49. The number of nitriles is 3. The molecule has 2 aromatic rings. The van der Waals surface area contributed by atoms with E-state index in [1.165, 1.54) is 18.3 Å². The second kappa shape index (κ2) is 10.5. The first-order valence-corrected chi connectivity index (χ1v) is 11.5. The number of hydrogen-bond acceptors (Lipinski definition) is 4. The largest absolute Gasteiger partial charge is 0.416 e. The van der Waals surface area contributed by atoms with Crippen molar-refractivity contribution in [3.05, 3.63) is 104 Å². The molecule has 0 amide bonds. The molecular weight excluding hydrogens is 620 g/mol. The number of rotatable bonds is 2. The Labute approximate surface area is 238 Å². The first kappa shape index (κ1) is 31.6. The molecule has 0 bridgehead atoms. The highest BCUT2D eigenvalue weighted by Gasteiger charge is 2.41. The minimum atomic E-state index is -5.29. The van der Waals surface area contributed by atoms with Gasteiger partial charge < -0.3 is 0 Å². The van der Waals surface area contributed by atoms with Gasteiger partial charge in [0.05, 0.1) is 28.0 Å². The standard InChI is InChI=1S/C28H8F12N4/c29-25(30,31)15-1-12(2-16(5-15)26(32,33)34)19-7-22-21(23(19)14(9-41)10-42)8-20(24(22)44-11-43)13-3-17(27(35,36)37)6-18(4-13)28(38,39)40/h1-8H.